The molecule has 17 heavy (non-hydrogen) atoms. The summed E-state index contributed by atoms with van der Waals surface area (Å²) >= 11 is 7.07. The van der Waals surface area contributed by atoms with Gasteiger partial charge in [0.15, 0.2) is 10.4 Å². The van der Waals surface area contributed by atoms with Crippen LogP contribution in [-0.4, -0.2) is 19.3 Å². The van der Waals surface area contributed by atoms with Crippen molar-refractivity contribution in [1.29, 1.82) is 0 Å². The maximum Gasteiger partial charge on any atom is 0.179 e. The number of aromatic nitrogens is 4. The lowest BCUT2D eigenvalue weighted by molar-refractivity contribution is 0.716. The topological polar surface area (TPSA) is 38.5 Å². The molecule has 0 aromatic carbocycles. The number of imidazole rings is 1. The molecule has 0 spiro atoms. The van der Waals surface area contributed by atoms with E-state index in [0.717, 1.165) is 28.2 Å². The predicted octanol–water partition coefficient (Wildman–Crippen LogP) is 2.85. The molecule has 0 bridgehead atoms. The molecule has 0 fully saturated rings. The first-order valence-electron chi connectivity index (χ1n) is 5.30. The van der Waals surface area contributed by atoms with E-state index in [4.69, 9.17) is 12.2 Å². The molecule has 0 aliphatic carbocycles. The monoisotopic (exact) mass is 264 g/mol. The van der Waals surface area contributed by atoms with Crippen LogP contribution in [-0.2, 0) is 13.6 Å². The molecule has 0 saturated heterocycles. The highest BCUT2D eigenvalue weighted by Crippen LogP contribution is 2.19. The summed E-state index contributed by atoms with van der Waals surface area (Å²) in [6.07, 6.45) is 0. The van der Waals surface area contributed by atoms with Crippen LogP contribution in [0.3, 0.4) is 0 Å². The smallest absolute Gasteiger partial charge is 0.179 e. The van der Waals surface area contributed by atoms with Gasteiger partial charge in [-0.25, -0.2) is 0 Å². The van der Waals surface area contributed by atoms with Crippen molar-refractivity contribution < 1.29 is 0 Å². The van der Waals surface area contributed by atoms with Gasteiger partial charge in [0.2, 0.25) is 0 Å². The SMILES string of the molecule is Cc1nn(C)c2c1[nH]c(=S)n2Cc1ccsc1. The van der Waals surface area contributed by atoms with Crippen LogP contribution in [0.15, 0.2) is 16.8 Å². The molecule has 6 heteroatoms. The normalized spacial score (nSPS) is 11.4. The molecule has 4 nitrogen and oxygen atoms in total. The van der Waals surface area contributed by atoms with E-state index >= 15 is 0 Å². The summed E-state index contributed by atoms with van der Waals surface area (Å²) in [4.78, 5) is 3.23. The molecule has 0 amide bonds. The Morgan fingerprint density at radius 3 is 3.06 bits per heavy atom. The van der Waals surface area contributed by atoms with Crippen molar-refractivity contribution in [1.82, 2.24) is 19.3 Å². The minimum Gasteiger partial charge on any atom is -0.328 e. The molecule has 0 unspecified atom stereocenters. The quantitative estimate of drug-likeness (QED) is 0.723. The van der Waals surface area contributed by atoms with Gasteiger partial charge in [-0.05, 0) is 41.5 Å². The number of nitrogens with zero attached hydrogens (tertiary/aromatic N) is 3. The van der Waals surface area contributed by atoms with Gasteiger partial charge in [-0.2, -0.15) is 16.4 Å². The van der Waals surface area contributed by atoms with Gasteiger partial charge in [0.1, 0.15) is 5.52 Å². The van der Waals surface area contributed by atoms with Gasteiger partial charge >= 0.3 is 0 Å². The van der Waals surface area contributed by atoms with E-state index < -0.39 is 0 Å². The fraction of sp³-hybridized carbons (Fsp3) is 0.273. The number of thiophene rings is 1. The molecule has 0 aliphatic rings. The highest BCUT2D eigenvalue weighted by molar-refractivity contribution is 7.71. The van der Waals surface area contributed by atoms with E-state index in [0.29, 0.717) is 0 Å². The Labute approximate surface area is 108 Å². The van der Waals surface area contributed by atoms with Crippen molar-refractivity contribution in [3.63, 3.8) is 0 Å². The Kier molecular flexibility index (Phi) is 2.41. The number of hydrogen-bond acceptors (Lipinski definition) is 3. The van der Waals surface area contributed by atoms with Crippen molar-refractivity contribution >= 4 is 34.7 Å². The Bertz CT molecular complexity index is 715. The third-order valence-corrected chi connectivity index (χ3v) is 3.90. The number of hydrogen-bond donors (Lipinski definition) is 1. The summed E-state index contributed by atoms with van der Waals surface area (Å²) in [7, 11) is 1.95. The van der Waals surface area contributed by atoms with Crippen LogP contribution in [0.1, 0.15) is 11.3 Å². The molecule has 0 atom stereocenters. The lowest BCUT2D eigenvalue weighted by atomic mass is 10.3. The van der Waals surface area contributed by atoms with Crippen molar-refractivity contribution in [3.8, 4) is 0 Å². The average molecular weight is 264 g/mol. The third-order valence-electron chi connectivity index (χ3n) is 2.85. The van der Waals surface area contributed by atoms with E-state index in [-0.39, 0.29) is 0 Å². The summed E-state index contributed by atoms with van der Waals surface area (Å²) < 4.78 is 4.72. The van der Waals surface area contributed by atoms with Gasteiger partial charge in [-0.15, -0.1) is 0 Å². The van der Waals surface area contributed by atoms with Crippen molar-refractivity contribution in [2.24, 2.45) is 7.05 Å². The van der Waals surface area contributed by atoms with Crippen molar-refractivity contribution in [3.05, 3.63) is 32.9 Å². The molecular weight excluding hydrogens is 252 g/mol. The fourth-order valence-electron chi connectivity index (χ4n) is 2.08. The Morgan fingerprint density at radius 1 is 1.53 bits per heavy atom. The first kappa shape index (κ1) is 10.7. The zero-order valence-corrected chi connectivity index (χ0v) is 11.2. The molecule has 1 N–H and O–H groups in total. The minimum atomic E-state index is 0.752. The van der Waals surface area contributed by atoms with Crippen LogP contribution < -0.4 is 0 Å². The van der Waals surface area contributed by atoms with Gasteiger partial charge in [0.25, 0.3) is 0 Å². The zero-order valence-electron chi connectivity index (χ0n) is 9.60. The molecule has 0 aliphatic heterocycles. The zero-order chi connectivity index (χ0) is 12.0. The lowest BCUT2D eigenvalue weighted by Crippen LogP contribution is -2.03. The standard InChI is InChI=1S/C11H12N4S2/c1-7-9-10(14(2)13-7)15(11(16)12-9)5-8-3-4-17-6-8/h3-4,6H,5H2,1-2H3,(H,12,16). The first-order valence-corrected chi connectivity index (χ1v) is 6.65. The van der Waals surface area contributed by atoms with Gasteiger partial charge < -0.3 is 4.98 Å². The second kappa shape index (κ2) is 3.82. The summed E-state index contributed by atoms with van der Waals surface area (Å²) in [5, 5.41) is 8.63. The van der Waals surface area contributed by atoms with E-state index in [1.54, 1.807) is 11.3 Å². The maximum atomic E-state index is 5.37. The Balaban J connectivity index is 2.21. The molecule has 3 aromatic rings. The highest BCUT2D eigenvalue weighted by atomic mass is 32.1. The molecule has 0 radical (unpaired) electrons. The molecule has 3 aromatic heterocycles. The molecule has 0 saturated carbocycles. The second-order valence-electron chi connectivity index (χ2n) is 4.06. The third kappa shape index (κ3) is 1.64. The number of H-pyrrole nitrogens is 1. The minimum absolute atomic E-state index is 0.752. The molecule has 88 valence electrons. The predicted molar refractivity (Wildman–Crippen MR) is 72.0 cm³/mol. The summed E-state index contributed by atoms with van der Waals surface area (Å²) in [6.45, 7) is 2.78. The number of rotatable bonds is 2. The second-order valence-corrected chi connectivity index (χ2v) is 5.22. The van der Waals surface area contributed by atoms with Gasteiger partial charge in [0.05, 0.1) is 12.2 Å². The first-order chi connectivity index (χ1) is 8.16. The average Bonchev–Trinajstić information content (AvgIpc) is 2.93. The van der Waals surface area contributed by atoms with E-state index in [2.05, 4.69) is 31.5 Å². The fourth-order valence-corrected chi connectivity index (χ4v) is 3.00. The van der Waals surface area contributed by atoms with Gasteiger partial charge in [-0.1, -0.05) is 0 Å². The van der Waals surface area contributed by atoms with Gasteiger partial charge in [0, 0.05) is 7.05 Å². The molecular formula is C11H12N4S2. The largest absolute Gasteiger partial charge is 0.328 e. The maximum absolute atomic E-state index is 5.37. The number of fused-ring (bicyclic) bond motifs is 1. The molecule has 3 heterocycles. The summed E-state index contributed by atoms with van der Waals surface area (Å²) in [5.74, 6) is 0. The highest BCUT2D eigenvalue weighted by Gasteiger charge is 2.12. The summed E-state index contributed by atoms with van der Waals surface area (Å²) in [5.41, 5.74) is 4.34. The van der Waals surface area contributed by atoms with Gasteiger partial charge in [-0.3, -0.25) is 9.25 Å². The van der Waals surface area contributed by atoms with E-state index in [1.807, 2.05) is 18.7 Å². The van der Waals surface area contributed by atoms with Crippen LogP contribution in [0.5, 0.6) is 0 Å². The van der Waals surface area contributed by atoms with Crippen LogP contribution >= 0.6 is 23.6 Å². The van der Waals surface area contributed by atoms with Crippen LogP contribution in [0, 0.1) is 11.7 Å². The van der Waals surface area contributed by atoms with Crippen molar-refractivity contribution in [2.75, 3.05) is 0 Å². The van der Waals surface area contributed by atoms with Crippen LogP contribution in [0.25, 0.3) is 11.2 Å². The lowest BCUT2D eigenvalue weighted by Gasteiger charge is -2.02. The van der Waals surface area contributed by atoms with E-state index in [9.17, 15) is 0 Å². The van der Waals surface area contributed by atoms with Crippen molar-refractivity contribution in [2.45, 2.75) is 13.5 Å². The Hall–Kier alpha value is -1.40. The Morgan fingerprint density at radius 2 is 2.35 bits per heavy atom. The van der Waals surface area contributed by atoms with E-state index in [1.165, 1.54) is 5.56 Å². The summed E-state index contributed by atoms with van der Waals surface area (Å²) in [6, 6.07) is 2.12. The molecule has 3 rings (SSSR count). The van der Waals surface area contributed by atoms with Crippen LogP contribution in [0.2, 0.25) is 0 Å². The van der Waals surface area contributed by atoms with Crippen LogP contribution in [0.4, 0.5) is 0 Å². The number of aromatic amines is 1. The number of aryl methyl sites for hydroxylation is 2. The number of nitrogens with one attached hydrogen (secondary N) is 1.